The van der Waals surface area contributed by atoms with Crippen LogP contribution >= 0.6 is 0 Å². The van der Waals surface area contributed by atoms with Crippen molar-refractivity contribution in [3.05, 3.63) is 0 Å². The molecule has 1 unspecified atom stereocenters. The highest BCUT2D eigenvalue weighted by molar-refractivity contribution is 5.94. The van der Waals surface area contributed by atoms with E-state index in [1.54, 1.807) is 6.92 Å². The summed E-state index contributed by atoms with van der Waals surface area (Å²) in [6.45, 7) is 9.42. The van der Waals surface area contributed by atoms with Gasteiger partial charge in [0.05, 0.1) is 6.04 Å². The molecule has 0 aromatic heterocycles. The largest absolute Gasteiger partial charge is 0.441 e. The van der Waals surface area contributed by atoms with Gasteiger partial charge >= 0.3 is 6.09 Å². The normalized spacial score (nSPS) is 24.5. The Balaban J connectivity index is 3.03. The Labute approximate surface area is 90.6 Å². The zero-order valence-electron chi connectivity index (χ0n) is 10.0. The monoisotopic (exact) mass is 213 g/mol. The van der Waals surface area contributed by atoms with Crippen LogP contribution in [0.5, 0.6) is 0 Å². The number of nitrogens with zero attached hydrogens (tertiary/aromatic N) is 1. The van der Waals surface area contributed by atoms with E-state index in [2.05, 4.69) is 0 Å². The molecule has 4 heteroatoms. The summed E-state index contributed by atoms with van der Waals surface area (Å²) in [5.41, 5.74) is -0.587. The fourth-order valence-electron chi connectivity index (χ4n) is 2.29. The van der Waals surface area contributed by atoms with Crippen molar-refractivity contribution in [1.82, 2.24) is 4.90 Å². The molecule has 1 aliphatic rings. The van der Waals surface area contributed by atoms with Gasteiger partial charge in [0, 0.05) is 6.42 Å². The van der Waals surface area contributed by atoms with Crippen LogP contribution in [0.1, 0.15) is 41.0 Å². The topological polar surface area (TPSA) is 46.6 Å². The minimum Gasteiger partial charge on any atom is -0.441 e. The Hall–Kier alpha value is -1.06. The second kappa shape index (κ2) is 3.83. The molecule has 1 saturated heterocycles. The van der Waals surface area contributed by atoms with E-state index in [4.69, 9.17) is 4.74 Å². The predicted octanol–water partition coefficient (Wildman–Crippen LogP) is 2.18. The van der Waals surface area contributed by atoms with Gasteiger partial charge in [-0.1, -0.05) is 20.8 Å². The van der Waals surface area contributed by atoms with E-state index in [9.17, 15) is 9.59 Å². The van der Waals surface area contributed by atoms with Gasteiger partial charge in [-0.3, -0.25) is 4.79 Å². The number of ether oxygens (including phenoxy) is 1. The van der Waals surface area contributed by atoms with Gasteiger partial charge in [-0.2, -0.15) is 0 Å². The first-order valence-electron chi connectivity index (χ1n) is 5.36. The molecule has 86 valence electrons. The summed E-state index contributed by atoms with van der Waals surface area (Å²) >= 11 is 0. The first kappa shape index (κ1) is 12.0. The van der Waals surface area contributed by atoms with E-state index < -0.39 is 11.7 Å². The zero-order valence-corrected chi connectivity index (χ0v) is 10.0. The van der Waals surface area contributed by atoms with Gasteiger partial charge in [0.2, 0.25) is 5.91 Å². The highest BCUT2D eigenvalue weighted by Gasteiger charge is 2.51. The van der Waals surface area contributed by atoms with Crippen molar-refractivity contribution >= 4 is 12.0 Å². The molecule has 4 nitrogen and oxygen atoms in total. The molecule has 0 bridgehead atoms. The van der Waals surface area contributed by atoms with Crippen molar-refractivity contribution in [2.75, 3.05) is 0 Å². The molecular weight excluding hydrogens is 194 g/mol. The van der Waals surface area contributed by atoms with E-state index >= 15 is 0 Å². The van der Waals surface area contributed by atoms with Crippen molar-refractivity contribution in [3.8, 4) is 0 Å². The zero-order chi connectivity index (χ0) is 11.8. The minimum atomic E-state index is -0.587. The molecule has 1 heterocycles. The number of hydrogen-bond donors (Lipinski definition) is 0. The quantitative estimate of drug-likeness (QED) is 0.706. The average molecular weight is 213 g/mol. The second-order valence-electron chi connectivity index (χ2n) is 4.78. The predicted molar refractivity (Wildman–Crippen MR) is 56.3 cm³/mol. The Morgan fingerprint density at radius 3 is 2.47 bits per heavy atom. The van der Waals surface area contributed by atoms with Gasteiger partial charge in [0.1, 0.15) is 5.60 Å². The molecule has 0 aromatic rings. The number of hydrogen-bond acceptors (Lipinski definition) is 3. The summed E-state index contributed by atoms with van der Waals surface area (Å²) in [5.74, 6) is 0.0335. The van der Waals surface area contributed by atoms with E-state index in [1.807, 2.05) is 27.7 Å². The van der Waals surface area contributed by atoms with Gasteiger partial charge in [-0.05, 0) is 19.8 Å². The highest BCUT2D eigenvalue weighted by Crippen LogP contribution is 2.34. The summed E-state index contributed by atoms with van der Waals surface area (Å²) < 4.78 is 5.22. The molecule has 1 aliphatic heterocycles. The van der Waals surface area contributed by atoms with Crippen LogP contribution in [-0.4, -0.2) is 28.5 Å². The molecule has 0 aromatic carbocycles. The standard InChI is InChI=1S/C11H19NO3/c1-6-8(13)12-9(7(2)3)11(4,5)15-10(12)14/h7,9H,6H2,1-5H3. The summed E-state index contributed by atoms with van der Waals surface area (Å²) in [6.07, 6.45) is -0.181. The highest BCUT2D eigenvalue weighted by atomic mass is 16.6. The molecule has 0 aliphatic carbocycles. The lowest BCUT2D eigenvalue weighted by Gasteiger charge is -2.30. The van der Waals surface area contributed by atoms with Gasteiger partial charge in [-0.25, -0.2) is 9.69 Å². The number of imide groups is 1. The lowest BCUT2D eigenvalue weighted by Crippen LogP contribution is -2.47. The minimum absolute atomic E-state index is 0.163. The summed E-state index contributed by atoms with van der Waals surface area (Å²) in [6, 6.07) is -0.169. The van der Waals surface area contributed by atoms with Gasteiger partial charge in [0.25, 0.3) is 0 Å². The van der Waals surface area contributed by atoms with Crippen LogP contribution in [0.3, 0.4) is 0 Å². The molecule has 1 atom stereocenters. The van der Waals surface area contributed by atoms with Crippen LogP contribution in [0.25, 0.3) is 0 Å². The fourth-order valence-corrected chi connectivity index (χ4v) is 2.29. The maximum Gasteiger partial charge on any atom is 0.417 e. The van der Waals surface area contributed by atoms with Crippen LogP contribution in [0.2, 0.25) is 0 Å². The number of carbonyl (C=O) groups excluding carboxylic acids is 2. The third-order valence-electron chi connectivity index (χ3n) is 2.74. The molecule has 0 radical (unpaired) electrons. The maximum absolute atomic E-state index is 11.7. The summed E-state index contributed by atoms with van der Waals surface area (Å²) in [4.78, 5) is 24.5. The third kappa shape index (κ3) is 1.98. The number of amides is 2. The first-order chi connectivity index (χ1) is 6.81. The lowest BCUT2D eigenvalue weighted by atomic mass is 9.89. The smallest absolute Gasteiger partial charge is 0.417 e. The van der Waals surface area contributed by atoms with Crippen LogP contribution in [0.4, 0.5) is 4.79 Å². The molecule has 15 heavy (non-hydrogen) atoms. The van der Waals surface area contributed by atoms with Gasteiger partial charge < -0.3 is 4.74 Å². The fraction of sp³-hybridized carbons (Fsp3) is 0.818. The van der Waals surface area contributed by atoms with Crippen LogP contribution in [0.15, 0.2) is 0 Å². The molecule has 0 saturated carbocycles. The van der Waals surface area contributed by atoms with Crippen molar-refractivity contribution < 1.29 is 14.3 Å². The summed E-state index contributed by atoms with van der Waals surface area (Å²) in [7, 11) is 0. The Morgan fingerprint density at radius 1 is 1.53 bits per heavy atom. The first-order valence-corrected chi connectivity index (χ1v) is 5.36. The van der Waals surface area contributed by atoms with Crippen molar-refractivity contribution in [1.29, 1.82) is 0 Å². The molecule has 1 fully saturated rings. The Kier molecular flexibility index (Phi) is 3.07. The van der Waals surface area contributed by atoms with E-state index in [0.29, 0.717) is 6.42 Å². The Bertz CT molecular complexity index is 284. The number of rotatable bonds is 2. The van der Waals surface area contributed by atoms with E-state index in [0.717, 1.165) is 0 Å². The lowest BCUT2D eigenvalue weighted by molar-refractivity contribution is -0.130. The van der Waals surface area contributed by atoms with Crippen molar-refractivity contribution in [2.24, 2.45) is 5.92 Å². The van der Waals surface area contributed by atoms with Gasteiger partial charge in [-0.15, -0.1) is 0 Å². The average Bonchev–Trinajstić information content (AvgIpc) is 2.33. The maximum atomic E-state index is 11.7. The van der Waals surface area contributed by atoms with Crippen molar-refractivity contribution in [3.63, 3.8) is 0 Å². The third-order valence-corrected chi connectivity index (χ3v) is 2.74. The molecule has 0 spiro atoms. The van der Waals surface area contributed by atoms with E-state index in [-0.39, 0.29) is 17.9 Å². The molecule has 0 N–H and O–H groups in total. The van der Waals surface area contributed by atoms with Crippen molar-refractivity contribution in [2.45, 2.75) is 52.7 Å². The SMILES string of the molecule is CCC(=O)N1C(=O)OC(C)(C)C1C(C)C. The van der Waals surface area contributed by atoms with Crippen LogP contribution in [0, 0.1) is 5.92 Å². The van der Waals surface area contributed by atoms with Crippen LogP contribution in [-0.2, 0) is 9.53 Å². The van der Waals surface area contributed by atoms with Gasteiger partial charge in [0.15, 0.2) is 0 Å². The second-order valence-corrected chi connectivity index (χ2v) is 4.78. The summed E-state index contributed by atoms with van der Waals surface area (Å²) in [5, 5.41) is 0. The molecule has 1 rings (SSSR count). The van der Waals surface area contributed by atoms with Crippen LogP contribution < -0.4 is 0 Å². The Morgan fingerprint density at radius 2 is 2.07 bits per heavy atom. The number of cyclic esters (lactones) is 1. The van der Waals surface area contributed by atoms with E-state index in [1.165, 1.54) is 4.90 Å². The molecule has 2 amide bonds. The number of carbonyl (C=O) groups is 2. The molecular formula is C11H19NO3.